The number of nitrogens with one attached hydrogen (secondary N) is 2. The van der Waals surface area contributed by atoms with E-state index < -0.39 is 0 Å². The fraction of sp³-hybridized carbons (Fsp3) is 0.208. The third-order valence-electron chi connectivity index (χ3n) is 4.81. The van der Waals surface area contributed by atoms with Gasteiger partial charge in [0.05, 0.1) is 5.69 Å². The van der Waals surface area contributed by atoms with Crippen molar-refractivity contribution in [2.45, 2.75) is 6.92 Å². The van der Waals surface area contributed by atoms with E-state index in [4.69, 9.17) is 4.74 Å². The SMILES string of the molecule is Cc1ccc(-c2n[nH]cc2-c2ccnc(Nc3ccc(OCCN(C)C)cc3)n2)cc1. The zero-order valence-electron chi connectivity index (χ0n) is 18.0. The van der Waals surface area contributed by atoms with Crippen molar-refractivity contribution in [3.05, 3.63) is 72.6 Å². The van der Waals surface area contributed by atoms with Gasteiger partial charge in [-0.15, -0.1) is 0 Å². The van der Waals surface area contributed by atoms with Gasteiger partial charge in [0.2, 0.25) is 5.95 Å². The second-order valence-electron chi connectivity index (χ2n) is 7.58. The van der Waals surface area contributed by atoms with Gasteiger partial charge in [0.25, 0.3) is 0 Å². The zero-order chi connectivity index (χ0) is 21.6. The van der Waals surface area contributed by atoms with Gasteiger partial charge in [0.1, 0.15) is 18.1 Å². The van der Waals surface area contributed by atoms with Crippen LogP contribution in [-0.4, -0.2) is 52.3 Å². The summed E-state index contributed by atoms with van der Waals surface area (Å²) in [7, 11) is 4.05. The standard InChI is InChI=1S/C24H26N6O/c1-17-4-6-18(7-5-17)23-21(16-26-29-23)22-12-13-25-24(28-22)27-19-8-10-20(11-9-19)31-15-14-30(2)3/h4-13,16H,14-15H2,1-3H3,(H,26,29)(H,25,27,28). The number of rotatable bonds is 8. The number of aromatic amines is 1. The van der Waals surface area contributed by atoms with Crippen molar-refractivity contribution in [3.63, 3.8) is 0 Å². The Morgan fingerprint density at radius 3 is 2.52 bits per heavy atom. The van der Waals surface area contributed by atoms with Crippen LogP contribution in [0.2, 0.25) is 0 Å². The van der Waals surface area contributed by atoms with Crippen LogP contribution in [0.1, 0.15) is 5.56 Å². The van der Waals surface area contributed by atoms with E-state index >= 15 is 0 Å². The van der Waals surface area contributed by atoms with Crippen LogP contribution < -0.4 is 10.1 Å². The highest BCUT2D eigenvalue weighted by atomic mass is 16.5. The van der Waals surface area contributed by atoms with Crippen molar-refractivity contribution < 1.29 is 4.74 Å². The molecular formula is C24H26N6O. The Balaban J connectivity index is 1.48. The molecule has 4 rings (SSSR count). The molecule has 0 amide bonds. The highest BCUT2D eigenvalue weighted by Gasteiger charge is 2.12. The highest BCUT2D eigenvalue weighted by Crippen LogP contribution is 2.29. The van der Waals surface area contributed by atoms with Crippen LogP contribution in [0.25, 0.3) is 22.5 Å². The molecule has 2 aromatic carbocycles. The maximum absolute atomic E-state index is 5.74. The van der Waals surface area contributed by atoms with E-state index in [1.807, 2.05) is 50.6 Å². The molecule has 0 bridgehead atoms. The van der Waals surface area contributed by atoms with Crippen molar-refractivity contribution in [2.24, 2.45) is 0 Å². The molecule has 0 saturated carbocycles. The number of H-pyrrole nitrogens is 1. The van der Waals surface area contributed by atoms with Crippen molar-refractivity contribution in [2.75, 3.05) is 32.6 Å². The predicted octanol–water partition coefficient (Wildman–Crippen LogP) is 4.53. The molecule has 0 atom stereocenters. The molecule has 0 radical (unpaired) electrons. The fourth-order valence-electron chi connectivity index (χ4n) is 3.10. The Labute approximate surface area is 182 Å². The first-order valence-electron chi connectivity index (χ1n) is 10.2. The number of aromatic nitrogens is 4. The lowest BCUT2D eigenvalue weighted by molar-refractivity contribution is 0.261. The topological polar surface area (TPSA) is 79.0 Å². The van der Waals surface area contributed by atoms with Crippen molar-refractivity contribution in [1.82, 2.24) is 25.1 Å². The van der Waals surface area contributed by atoms with Crippen LogP contribution in [0.5, 0.6) is 5.75 Å². The molecule has 0 aliphatic heterocycles. The van der Waals surface area contributed by atoms with Gasteiger partial charge in [-0.2, -0.15) is 5.10 Å². The largest absolute Gasteiger partial charge is 0.492 e. The van der Waals surface area contributed by atoms with E-state index in [1.54, 1.807) is 6.20 Å². The minimum absolute atomic E-state index is 0.523. The van der Waals surface area contributed by atoms with Gasteiger partial charge in [0, 0.05) is 35.8 Å². The zero-order valence-corrected chi connectivity index (χ0v) is 18.0. The molecule has 158 valence electrons. The van der Waals surface area contributed by atoms with Crippen molar-refractivity contribution in [1.29, 1.82) is 0 Å². The molecule has 7 heteroatoms. The van der Waals surface area contributed by atoms with E-state index in [9.17, 15) is 0 Å². The fourth-order valence-corrected chi connectivity index (χ4v) is 3.10. The number of hydrogen-bond donors (Lipinski definition) is 2. The molecule has 0 unspecified atom stereocenters. The average Bonchev–Trinajstić information content (AvgIpc) is 3.25. The summed E-state index contributed by atoms with van der Waals surface area (Å²) in [6, 6.07) is 18.0. The van der Waals surface area contributed by atoms with Gasteiger partial charge in [0.15, 0.2) is 0 Å². The Morgan fingerprint density at radius 2 is 1.77 bits per heavy atom. The molecular weight excluding hydrogens is 388 g/mol. The second kappa shape index (κ2) is 9.40. The van der Waals surface area contributed by atoms with Gasteiger partial charge in [-0.3, -0.25) is 5.10 Å². The first-order valence-corrected chi connectivity index (χ1v) is 10.2. The Bertz CT molecular complexity index is 1120. The van der Waals surface area contributed by atoms with Gasteiger partial charge in [-0.25, -0.2) is 9.97 Å². The van der Waals surface area contributed by atoms with Crippen molar-refractivity contribution in [3.8, 4) is 28.3 Å². The summed E-state index contributed by atoms with van der Waals surface area (Å²) in [5, 5.41) is 10.6. The maximum Gasteiger partial charge on any atom is 0.227 e. The number of anilines is 2. The Hall–Kier alpha value is -3.71. The summed E-state index contributed by atoms with van der Waals surface area (Å²) in [5.41, 5.74) is 5.74. The third-order valence-corrected chi connectivity index (χ3v) is 4.81. The maximum atomic E-state index is 5.74. The van der Waals surface area contributed by atoms with Crippen LogP contribution in [0, 0.1) is 6.92 Å². The van der Waals surface area contributed by atoms with E-state index in [0.717, 1.165) is 40.5 Å². The molecule has 0 aliphatic rings. The molecule has 0 saturated heterocycles. The third kappa shape index (κ3) is 5.26. The van der Waals surface area contributed by atoms with Gasteiger partial charge in [-0.1, -0.05) is 29.8 Å². The van der Waals surface area contributed by atoms with Crippen LogP contribution in [0.15, 0.2) is 67.0 Å². The lowest BCUT2D eigenvalue weighted by Gasteiger charge is -2.11. The van der Waals surface area contributed by atoms with E-state index in [2.05, 4.69) is 61.6 Å². The van der Waals surface area contributed by atoms with Crippen LogP contribution in [-0.2, 0) is 0 Å². The molecule has 7 nitrogen and oxygen atoms in total. The number of benzene rings is 2. The van der Waals surface area contributed by atoms with E-state index in [0.29, 0.717) is 12.6 Å². The number of hydrogen-bond acceptors (Lipinski definition) is 6. The minimum Gasteiger partial charge on any atom is -0.492 e. The number of aryl methyl sites for hydroxylation is 1. The van der Waals surface area contributed by atoms with Gasteiger partial charge < -0.3 is 15.0 Å². The van der Waals surface area contributed by atoms with E-state index in [1.165, 1.54) is 5.56 Å². The van der Waals surface area contributed by atoms with Gasteiger partial charge in [-0.05, 0) is 51.4 Å². The Kier molecular flexibility index (Phi) is 6.24. The highest BCUT2D eigenvalue weighted by molar-refractivity contribution is 5.78. The van der Waals surface area contributed by atoms with Crippen LogP contribution in [0.3, 0.4) is 0 Å². The summed E-state index contributed by atoms with van der Waals surface area (Å²) in [4.78, 5) is 11.1. The second-order valence-corrected chi connectivity index (χ2v) is 7.58. The lowest BCUT2D eigenvalue weighted by Crippen LogP contribution is -2.19. The van der Waals surface area contributed by atoms with Gasteiger partial charge >= 0.3 is 0 Å². The number of ether oxygens (including phenoxy) is 1. The molecule has 2 aromatic heterocycles. The molecule has 31 heavy (non-hydrogen) atoms. The van der Waals surface area contributed by atoms with Crippen LogP contribution in [0.4, 0.5) is 11.6 Å². The molecule has 0 fully saturated rings. The Morgan fingerprint density at radius 1 is 1.00 bits per heavy atom. The van der Waals surface area contributed by atoms with Crippen molar-refractivity contribution >= 4 is 11.6 Å². The lowest BCUT2D eigenvalue weighted by atomic mass is 10.0. The minimum atomic E-state index is 0.523. The van der Waals surface area contributed by atoms with E-state index in [-0.39, 0.29) is 0 Å². The quantitative estimate of drug-likeness (QED) is 0.441. The normalized spacial score (nSPS) is 11.0. The predicted molar refractivity (Wildman–Crippen MR) is 124 cm³/mol. The van der Waals surface area contributed by atoms with Crippen LogP contribution >= 0.6 is 0 Å². The molecule has 4 aromatic rings. The first kappa shape index (κ1) is 20.6. The summed E-state index contributed by atoms with van der Waals surface area (Å²) in [6.45, 7) is 3.60. The summed E-state index contributed by atoms with van der Waals surface area (Å²) in [6.07, 6.45) is 3.61. The number of likely N-dealkylation sites (N-methyl/N-ethyl adjacent to an activating group) is 1. The molecule has 2 heterocycles. The molecule has 0 aliphatic carbocycles. The summed E-state index contributed by atoms with van der Waals surface area (Å²) >= 11 is 0. The summed E-state index contributed by atoms with van der Waals surface area (Å²) in [5.74, 6) is 1.36. The average molecular weight is 415 g/mol. The molecule has 0 spiro atoms. The monoisotopic (exact) mass is 414 g/mol. The smallest absolute Gasteiger partial charge is 0.227 e. The summed E-state index contributed by atoms with van der Waals surface area (Å²) < 4.78 is 5.74. The first-order chi connectivity index (χ1) is 15.1. The number of nitrogens with zero attached hydrogens (tertiary/aromatic N) is 4. The molecule has 2 N–H and O–H groups in total.